The first-order chi connectivity index (χ1) is 11.5. The van der Waals surface area contributed by atoms with Crippen molar-refractivity contribution in [2.75, 3.05) is 7.05 Å². The number of nitrogens with two attached hydrogens (primary N) is 1. The second kappa shape index (κ2) is 5.31. The Balaban J connectivity index is 1.84. The molecule has 1 aliphatic heterocycles. The number of nitrogens with zero attached hydrogens (tertiary/aromatic N) is 2. The highest BCUT2D eigenvalue weighted by atomic mass is 32.1. The van der Waals surface area contributed by atoms with E-state index < -0.39 is 5.54 Å². The van der Waals surface area contributed by atoms with Crippen molar-refractivity contribution in [3.8, 4) is 0 Å². The molecule has 1 atom stereocenters. The maximum atomic E-state index is 12.2. The summed E-state index contributed by atoms with van der Waals surface area (Å²) >= 11 is 1.75. The van der Waals surface area contributed by atoms with E-state index >= 15 is 0 Å². The fourth-order valence-corrected chi connectivity index (χ4v) is 4.27. The van der Waals surface area contributed by atoms with Gasteiger partial charge in [0, 0.05) is 17.1 Å². The van der Waals surface area contributed by atoms with Crippen LogP contribution >= 0.6 is 11.3 Å². The van der Waals surface area contributed by atoms with Crippen LogP contribution < -0.4 is 5.73 Å². The van der Waals surface area contributed by atoms with Crippen molar-refractivity contribution in [1.29, 1.82) is 0 Å². The van der Waals surface area contributed by atoms with Gasteiger partial charge < -0.3 is 5.73 Å². The van der Waals surface area contributed by atoms with Gasteiger partial charge >= 0.3 is 0 Å². The van der Waals surface area contributed by atoms with Gasteiger partial charge in [-0.1, -0.05) is 24.3 Å². The normalized spacial score (nSPS) is 23.8. The number of rotatable bonds is 2. The lowest BCUT2D eigenvalue weighted by molar-refractivity contribution is -0.128. The molecule has 2 heterocycles. The van der Waals surface area contributed by atoms with Crippen molar-refractivity contribution in [2.24, 2.45) is 10.7 Å². The lowest BCUT2D eigenvalue weighted by atomic mass is 9.86. The van der Waals surface area contributed by atoms with Gasteiger partial charge in [-0.2, -0.15) is 0 Å². The number of guanidine groups is 1. The van der Waals surface area contributed by atoms with E-state index in [9.17, 15) is 4.79 Å². The Morgan fingerprint density at radius 2 is 2.21 bits per heavy atom. The van der Waals surface area contributed by atoms with Gasteiger partial charge in [-0.15, -0.1) is 11.3 Å². The van der Waals surface area contributed by atoms with Crippen LogP contribution in [0.15, 0.2) is 46.8 Å². The van der Waals surface area contributed by atoms with E-state index in [0.29, 0.717) is 6.42 Å². The number of hydrogen-bond donors (Lipinski definition) is 1. The Morgan fingerprint density at radius 1 is 1.38 bits per heavy atom. The highest BCUT2D eigenvalue weighted by Gasteiger charge is 2.36. The van der Waals surface area contributed by atoms with Crippen molar-refractivity contribution in [3.63, 3.8) is 0 Å². The van der Waals surface area contributed by atoms with Gasteiger partial charge in [-0.3, -0.25) is 9.69 Å². The number of benzene rings is 1. The Kier molecular flexibility index (Phi) is 3.35. The van der Waals surface area contributed by atoms with Crippen LogP contribution in [0.1, 0.15) is 30.9 Å². The number of carbonyl (C=O) groups excluding carboxylic acids is 1. The Hall–Kier alpha value is -2.40. The number of hydrogen-bond acceptors (Lipinski definition) is 4. The van der Waals surface area contributed by atoms with Gasteiger partial charge in [-0.05, 0) is 47.6 Å². The molecule has 24 heavy (non-hydrogen) atoms. The molecule has 122 valence electrons. The largest absolute Gasteiger partial charge is 0.369 e. The smallest absolute Gasteiger partial charge is 0.231 e. The molecule has 0 radical (unpaired) electrons. The van der Waals surface area contributed by atoms with Crippen LogP contribution in [0, 0.1) is 0 Å². The summed E-state index contributed by atoms with van der Waals surface area (Å²) in [5.41, 5.74) is 8.89. The number of aliphatic imine (C=N–C) groups is 1. The molecule has 2 aromatic rings. The summed E-state index contributed by atoms with van der Waals surface area (Å²) in [6.07, 6.45) is 7.91. The topological polar surface area (TPSA) is 58.7 Å². The second-order valence-electron chi connectivity index (χ2n) is 6.53. The third-order valence-corrected chi connectivity index (χ3v) is 5.82. The predicted molar refractivity (Wildman–Crippen MR) is 99.9 cm³/mol. The summed E-state index contributed by atoms with van der Waals surface area (Å²) in [7, 11) is 1.67. The SMILES string of the molecule is CN1C(=O)C[C@@](C)(c2ccc3scc(C4=CCC=C4)c3c2)N=C1N. The first-order valence-corrected chi connectivity index (χ1v) is 8.86. The van der Waals surface area contributed by atoms with Gasteiger partial charge in [0.05, 0.1) is 12.0 Å². The molecule has 0 bridgehead atoms. The first-order valence-electron chi connectivity index (χ1n) is 7.99. The average Bonchev–Trinajstić information content (AvgIpc) is 3.20. The average molecular weight is 337 g/mol. The van der Waals surface area contributed by atoms with Gasteiger partial charge in [0.25, 0.3) is 0 Å². The number of thiophene rings is 1. The van der Waals surface area contributed by atoms with Crippen molar-refractivity contribution >= 4 is 38.9 Å². The van der Waals surface area contributed by atoms with E-state index in [1.165, 1.54) is 26.1 Å². The van der Waals surface area contributed by atoms with Crippen LogP contribution in [0.25, 0.3) is 15.7 Å². The molecule has 1 aliphatic carbocycles. The quantitative estimate of drug-likeness (QED) is 0.909. The van der Waals surface area contributed by atoms with E-state index in [-0.39, 0.29) is 11.9 Å². The minimum Gasteiger partial charge on any atom is -0.369 e. The van der Waals surface area contributed by atoms with Crippen molar-refractivity contribution < 1.29 is 4.79 Å². The number of allylic oxidation sites excluding steroid dienone is 4. The molecular formula is C19H19N3OS. The highest BCUT2D eigenvalue weighted by molar-refractivity contribution is 7.17. The summed E-state index contributed by atoms with van der Waals surface area (Å²) < 4.78 is 1.25. The van der Waals surface area contributed by atoms with Crippen LogP contribution in [0.4, 0.5) is 0 Å². The minimum absolute atomic E-state index is 0.00271. The molecular weight excluding hydrogens is 318 g/mol. The molecule has 1 aromatic carbocycles. The molecule has 0 saturated heterocycles. The van der Waals surface area contributed by atoms with E-state index in [0.717, 1.165) is 12.0 Å². The molecule has 0 unspecified atom stereocenters. The van der Waals surface area contributed by atoms with Gasteiger partial charge in [0.2, 0.25) is 5.91 Å². The maximum absolute atomic E-state index is 12.2. The van der Waals surface area contributed by atoms with Crippen LogP contribution in [-0.4, -0.2) is 23.8 Å². The molecule has 0 fully saturated rings. The van der Waals surface area contributed by atoms with E-state index in [1.54, 1.807) is 18.4 Å². The van der Waals surface area contributed by atoms with E-state index in [4.69, 9.17) is 5.73 Å². The fraction of sp³-hybridized carbons (Fsp3) is 0.263. The maximum Gasteiger partial charge on any atom is 0.231 e. The van der Waals surface area contributed by atoms with Gasteiger partial charge in [0.15, 0.2) is 5.96 Å². The molecule has 4 nitrogen and oxygen atoms in total. The third kappa shape index (κ3) is 2.27. The third-order valence-electron chi connectivity index (χ3n) is 4.85. The summed E-state index contributed by atoms with van der Waals surface area (Å²) in [4.78, 5) is 18.3. The highest BCUT2D eigenvalue weighted by Crippen LogP contribution is 2.39. The minimum atomic E-state index is -0.610. The number of amides is 1. The van der Waals surface area contributed by atoms with Gasteiger partial charge in [-0.25, -0.2) is 4.99 Å². The molecule has 1 aromatic heterocycles. The molecule has 5 heteroatoms. The van der Waals surface area contributed by atoms with E-state index in [2.05, 4.69) is 46.8 Å². The lowest BCUT2D eigenvalue weighted by Gasteiger charge is -2.33. The Bertz CT molecular complexity index is 937. The summed E-state index contributed by atoms with van der Waals surface area (Å²) in [5.74, 6) is 0.276. The summed E-state index contributed by atoms with van der Waals surface area (Å²) in [6, 6.07) is 6.36. The van der Waals surface area contributed by atoms with Crippen LogP contribution in [0.5, 0.6) is 0 Å². The molecule has 2 N–H and O–H groups in total. The van der Waals surface area contributed by atoms with Gasteiger partial charge in [0.1, 0.15) is 0 Å². The summed E-state index contributed by atoms with van der Waals surface area (Å²) in [6.45, 7) is 1.98. The summed E-state index contributed by atoms with van der Waals surface area (Å²) in [5, 5.41) is 3.42. The monoisotopic (exact) mass is 337 g/mol. The second-order valence-corrected chi connectivity index (χ2v) is 7.44. The fourth-order valence-electron chi connectivity index (χ4n) is 3.32. The molecule has 4 rings (SSSR count). The lowest BCUT2D eigenvalue weighted by Crippen LogP contribution is -2.47. The van der Waals surface area contributed by atoms with Crippen LogP contribution in [0.2, 0.25) is 0 Å². The zero-order valence-corrected chi connectivity index (χ0v) is 14.6. The molecule has 2 aliphatic rings. The zero-order chi connectivity index (χ0) is 16.9. The molecule has 0 spiro atoms. The molecule has 1 amide bonds. The predicted octanol–water partition coefficient (Wildman–Crippen LogP) is 3.64. The zero-order valence-electron chi connectivity index (χ0n) is 13.7. The Morgan fingerprint density at radius 3 is 2.92 bits per heavy atom. The van der Waals surface area contributed by atoms with Crippen molar-refractivity contribution in [2.45, 2.75) is 25.3 Å². The molecule has 0 saturated carbocycles. The van der Waals surface area contributed by atoms with Crippen LogP contribution in [0.3, 0.4) is 0 Å². The van der Waals surface area contributed by atoms with Crippen molar-refractivity contribution in [3.05, 3.63) is 52.9 Å². The Labute approximate surface area is 145 Å². The van der Waals surface area contributed by atoms with Crippen molar-refractivity contribution in [1.82, 2.24) is 4.90 Å². The number of fused-ring (bicyclic) bond motifs is 1. The van der Waals surface area contributed by atoms with E-state index in [1.807, 2.05) is 6.92 Å². The first kappa shape index (κ1) is 15.1. The van der Waals surface area contributed by atoms with Crippen LogP contribution in [-0.2, 0) is 10.3 Å². The number of carbonyl (C=O) groups is 1. The standard InChI is InChI=1S/C19H19N3OS/c1-19(10-17(23)22(2)18(20)21-19)13-7-8-16-14(9-13)15(11-24-16)12-5-3-4-6-12/h3,5-9,11H,4,10H2,1-2H3,(H2,20,21)/t19-/m0/s1.